The van der Waals surface area contributed by atoms with Crippen molar-refractivity contribution in [3.05, 3.63) is 34.6 Å². The molecule has 21 heavy (non-hydrogen) atoms. The summed E-state index contributed by atoms with van der Waals surface area (Å²) < 4.78 is 6.97. The molecule has 0 aliphatic heterocycles. The lowest BCUT2D eigenvalue weighted by Crippen LogP contribution is -2.28. The Morgan fingerprint density at radius 2 is 2.00 bits per heavy atom. The molecular weight excluding hydrogens is 284 g/mol. The number of aromatic nitrogens is 2. The SMILES string of the molecule is COC[C@H](C)n1c(SCC(C)C)nc2ccccc2c1=O. The highest BCUT2D eigenvalue weighted by Crippen LogP contribution is 2.22. The number of para-hydroxylation sites is 1. The van der Waals surface area contributed by atoms with Crippen LogP contribution in [0.15, 0.2) is 34.2 Å². The van der Waals surface area contributed by atoms with E-state index < -0.39 is 0 Å². The first-order valence-electron chi connectivity index (χ1n) is 7.17. The van der Waals surface area contributed by atoms with Gasteiger partial charge < -0.3 is 4.74 Å². The summed E-state index contributed by atoms with van der Waals surface area (Å²) >= 11 is 1.63. The molecule has 0 spiro atoms. The van der Waals surface area contributed by atoms with Crippen LogP contribution in [0.5, 0.6) is 0 Å². The Bertz CT molecular complexity index is 667. The molecule has 1 atom stereocenters. The van der Waals surface area contributed by atoms with Crippen molar-refractivity contribution in [2.75, 3.05) is 19.5 Å². The number of nitrogens with zero attached hydrogens (tertiary/aromatic N) is 2. The van der Waals surface area contributed by atoms with E-state index in [2.05, 4.69) is 18.8 Å². The largest absolute Gasteiger partial charge is 0.383 e. The van der Waals surface area contributed by atoms with E-state index in [1.165, 1.54) is 0 Å². The fourth-order valence-corrected chi connectivity index (χ4v) is 3.22. The zero-order valence-corrected chi connectivity index (χ0v) is 13.8. The van der Waals surface area contributed by atoms with Gasteiger partial charge in [0.2, 0.25) is 0 Å². The number of rotatable bonds is 6. The van der Waals surface area contributed by atoms with Gasteiger partial charge in [-0.15, -0.1) is 0 Å². The zero-order valence-electron chi connectivity index (χ0n) is 13.0. The van der Waals surface area contributed by atoms with Crippen LogP contribution in [0.2, 0.25) is 0 Å². The number of methoxy groups -OCH3 is 1. The van der Waals surface area contributed by atoms with Crippen molar-refractivity contribution < 1.29 is 4.74 Å². The molecule has 0 radical (unpaired) electrons. The molecule has 4 nitrogen and oxygen atoms in total. The number of hydrogen-bond acceptors (Lipinski definition) is 4. The molecule has 2 aromatic rings. The minimum Gasteiger partial charge on any atom is -0.383 e. The van der Waals surface area contributed by atoms with Crippen LogP contribution < -0.4 is 5.56 Å². The van der Waals surface area contributed by atoms with Crippen LogP contribution in [0.3, 0.4) is 0 Å². The second-order valence-corrected chi connectivity index (χ2v) is 6.58. The minimum atomic E-state index is -0.0331. The van der Waals surface area contributed by atoms with Crippen LogP contribution in [-0.4, -0.2) is 29.0 Å². The molecule has 0 N–H and O–H groups in total. The highest BCUT2D eigenvalue weighted by atomic mass is 32.2. The van der Waals surface area contributed by atoms with Gasteiger partial charge in [0, 0.05) is 12.9 Å². The summed E-state index contributed by atoms with van der Waals surface area (Å²) in [4.78, 5) is 17.4. The van der Waals surface area contributed by atoms with E-state index in [4.69, 9.17) is 4.74 Å². The Labute approximate surface area is 129 Å². The fraction of sp³-hybridized carbons (Fsp3) is 0.500. The van der Waals surface area contributed by atoms with Gasteiger partial charge in [-0.25, -0.2) is 4.98 Å². The van der Waals surface area contributed by atoms with Crippen molar-refractivity contribution in [1.29, 1.82) is 0 Å². The van der Waals surface area contributed by atoms with Crippen LogP contribution in [0, 0.1) is 5.92 Å². The lowest BCUT2D eigenvalue weighted by molar-refractivity contribution is 0.156. The van der Waals surface area contributed by atoms with E-state index in [-0.39, 0.29) is 11.6 Å². The van der Waals surface area contributed by atoms with E-state index in [1.807, 2.05) is 31.2 Å². The van der Waals surface area contributed by atoms with Gasteiger partial charge in [0.25, 0.3) is 5.56 Å². The number of thioether (sulfide) groups is 1. The Kier molecular flexibility index (Phi) is 5.42. The second kappa shape index (κ2) is 7.09. The van der Waals surface area contributed by atoms with E-state index in [9.17, 15) is 4.79 Å². The van der Waals surface area contributed by atoms with Crippen LogP contribution in [-0.2, 0) is 4.74 Å². The molecule has 0 aliphatic rings. The summed E-state index contributed by atoms with van der Waals surface area (Å²) in [5.41, 5.74) is 0.769. The highest BCUT2D eigenvalue weighted by molar-refractivity contribution is 7.99. The number of hydrogen-bond donors (Lipinski definition) is 0. The van der Waals surface area contributed by atoms with E-state index in [1.54, 1.807) is 23.4 Å². The molecule has 0 fully saturated rings. The molecule has 2 rings (SSSR count). The average molecular weight is 306 g/mol. The third kappa shape index (κ3) is 3.66. The molecule has 0 aliphatic carbocycles. The highest BCUT2D eigenvalue weighted by Gasteiger charge is 2.16. The molecule has 1 aromatic heterocycles. The minimum absolute atomic E-state index is 0.0106. The van der Waals surface area contributed by atoms with Gasteiger partial charge >= 0.3 is 0 Å². The Morgan fingerprint density at radius 3 is 2.67 bits per heavy atom. The topological polar surface area (TPSA) is 44.1 Å². The summed E-state index contributed by atoms with van der Waals surface area (Å²) in [7, 11) is 1.65. The van der Waals surface area contributed by atoms with Crippen molar-refractivity contribution >= 4 is 22.7 Å². The molecule has 114 valence electrons. The third-order valence-corrected chi connectivity index (χ3v) is 4.55. The number of benzene rings is 1. The number of fused-ring (bicyclic) bond motifs is 1. The van der Waals surface area contributed by atoms with Gasteiger partial charge in [-0.1, -0.05) is 37.7 Å². The van der Waals surface area contributed by atoms with Crippen LogP contribution >= 0.6 is 11.8 Å². The molecule has 0 saturated heterocycles. The summed E-state index contributed by atoms with van der Waals surface area (Å²) in [5, 5.41) is 1.44. The van der Waals surface area contributed by atoms with E-state index >= 15 is 0 Å². The van der Waals surface area contributed by atoms with Crippen LogP contribution in [0.1, 0.15) is 26.8 Å². The van der Waals surface area contributed by atoms with Gasteiger partial charge in [0.05, 0.1) is 23.6 Å². The Hall–Kier alpha value is -1.33. The van der Waals surface area contributed by atoms with Gasteiger partial charge in [0.15, 0.2) is 5.16 Å². The summed E-state index contributed by atoms with van der Waals surface area (Å²) in [5.74, 6) is 1.48. The summed E-state index contributed by atoms with van der Waals surface area (Å²) in [6, 6.07) is 7.47. The zero-order chi connectivity index (χ0) is 15.4. The van der Waals surface area contributed by atoms with Gasteiger partial charge in [-0.3, -0.25) is 9.36 Å². The van der Waals surface area contributed by atoms with E-state index in [0.29, 0.717) is 17.9 Å². The quantitative estimate of drug-likeness (QED) is 0.606. The summed E-state index contributed by atoms with van der Waals surface area (Å²) in [6.07, 6.45) is 0. The Morgan fingerprint density at radius 1 is 1.29 bits per heavy atom. The maximum atomic E-state index is 12.8. The molecule has 0 amide bonds. The van der Waals surface area contributed by atoms with Crippen molar-refractivity contribution in [2.24, 2.45) is 5.92 Å². The van der Waals surface area contributed by atoms with Crippen molar-refractivity contribution in [3.8, 4) is 0 Å². The normalized spacial score (nSPS) is 13.0. The molecule has 1 aromatic carbocycles. The predicted octanol–water partition coefficient (Wildman–Crippen LogP) is 3.35. The molecule has 5 heteroatoms. The van der Waals surface area contributed by atoms with Crippen molar-refractivity contribution in [3.63, 3.8) is 0 Å². The summed E-state index contributed by atoms with van der Waals surface area (Å²) in [6.45, 7) is 6.81. The molecule has 0 unspecified atom stereocenters. The average Bonchev–Trinajstić information content (AvgIpc) is 2.45. The lowest BCUT2D eigenvalue weighted by Gasteiger charge is -2.19. The van der Waals surface area contributed by atoms with Crippen LogP contribution in [0.4, 0.5) is 0 Å². The first kappa shape index (κ1) is 16.0. The van der Waals surface area contributed by atoms with Crippen molar-refractivity contribution in [2.45, 2.75) is 32.0 Å². The smallest absolute Gasteiger partial charge is 0.262 e. The first-order chi connectivity index (χ1) is 10.0. The standard InChI is InChI=1S/C16H22N2O2S/c1-11(2)10-21-16-17-14-8-6-5-7-13(14)15(19)18(16)12(3)9-20-4/h5-8,11-12H,9-10H2,1-4H3/t12-/m0/s1. The maximum absolute atomic E-state index is 12.8. The van der Waals surface area contributed by atoms with E-state index in [0.717, 1.165) is 16.4 Å². The van der Waals surface area contributed by atoms with Crippen molar-refractivity contribution in [1.82, 2.24) is 9.55 Å². The first-order valence-corrected chi connectivity index (χ1v) is 8.16. The number of ether oxygens (including phenoxy) is 1. The van der Waals surface area contributed by atoms with Crippen LogP contribution in [0.25, 0.3) is 10.9 Å². The molecule has 1 heterocycles. The predicted molar refractivity (Wildman–Crippen MR) is 88.2 cm³/mol. The van der Waals surface area contributed by atoms with Gasteiger partial charge in [0.1, 0.15) is 0 Å². The van der Waals surface area contributed by atoms with Gasteiger partial charge in [-0.2, -0.15) is 0 Å². The third-order valence-electron chi connectivity index (χ3n) is 3.17. The Balaban J connectivity index is 2.56. The maximum Gasteiger partial charge on any atom is 0.262 e. The second-order valence-electron chi connectivity index (χ2n) is 5.60. The molecule has 0 bridgehead atoms. The molecular formula is C16H22N2O2S. The fourth-order valence-electron chi connectivity index (χ4n) is 2.17. The monoisotopic (exact) mass is 306 g/mol. The van der Waals surface area contributed by atoms with Gasteiger partial charge in [-0.05, 0) is 25.0 Å². The lowest BCUT2D eigenvalue weighted by atomic mass is 10.2. The molecule has 0 saturated carbocycles.